The molecule has 1 saturated carbocycles. The minimum Gasteiger partial charge on any atom is -0.310 e. The van der Waals surface area contributed by atoms with Gasteiger partial charge in [-0.05, 0) is 48.8 Å². The minimum absolute atomic E-state index is 0.470. The molecule has 1 aromatic carbocycles. The van der Waals surface area contributed by atoms with Gasteiger partial charge in [0, 0.05) is 6.04 Å². The van der Waals surface area contributed by atoms with Crippen LogP contribution in [0.2, 0.25) is 0 Å². The van der Waals surface area contributed by atoms with Crippen LogP contribution in [0.15, 0.2) is 24.3 Å². The maximum Gasteiger partial charge on any atom is 0.0291 e. The van der Waals surface area contributed by atoms with E-state index in [1.54, 1.807) is 0 Å². The van der Waals surface area contributed by atoms with E-state index >= 15 is 0 Å². The molecule has 0 amide bonds. The average Bonchev–Trinajstić information content (AvgIpc) is 2.95. The Balaban J connectivity index is 1.83. The van der Waals surface area contributed by atoms with Crippen molar-refractivity contribution in [2.75, 3.05) is 6.54 Å². The average molecular weight is 245 g/mol. The molecule has 100 valence electrons. The number of rotatable bonds is 6. The topological polar surface area (TPSA) is 12.0 Å². The first kappa shape index (κ1) is 13.6. The van der Waals surface area contributed by atoms with Gasteiger partial charge >= 0.3 is 0 Å². The summed E-state index contributed by atoms with van der Waals surface area (Å²) < 4.78 is 0. The lowest BCUT2D eigenvalue weighted by atomic mass is 10.0. The Morgan fingerprint density at radius 2 is 1.89 bits per heavy atom. The van der Waals surface area contributed by atoms with Gasteiger partial charge in [-0.1, -0.05) is 51.5 Å². The van der Waals surface area contributed by atoms with Gasteiger partial charge in [-0.25, -0.2) is 0 Å². The Morgan fingerprint density at radius 1 is 1.28 bits per heavy atom. The Labute approximate surface area is 112 Å². The van der Waals surface area contributed by atoms with Crippen molar-refractivity contribution in [3.8, 4) is 0 Å². The molecule has 1 nitrogen and oxygen atoms in total. The molecule has 1 aliphatic carbocycles. The fraction of sp³-hybridized carbons (Fsp3) is 0.647. The first-order chi connectivity index (χ1) is 8.53. The summed E-state index contributed by atoms with van der Waals surface area (Å²) in [6, 6.07) is 9.58. The number of nitrogens with one attached hydrogen (secondary N) is 1. The normalized spacial score (nSPS) is 22.8. The lowest BCUT2D eigenvalue weighted by Gasteiger charge is -2.15. The highest BCUT2D eigenvalue weighted by Crippen LogP contribution is 2.51. The van der Waals surface area contributed by atoms with Crippen LogP contribution < -0.4 is 5.32 Å². The molecule has 18 heavy (non-hydrogen) atoms. The van der Waals surface area contributed by atoms with Crippen LogP contribution in [-0.4, -0.2) is 6.54 Å². The van der Waals surface area contributed by atoms with Crippen molar-refractivity contribution in [1.29, 1.82) is 0 Å². The van der Waals surface area contributed by atoms with E-state index < -0.39 is 0 Å². The minimum atomic E-state index is 0.470. The molecule has 0 saturated heterocycles. The third-order valence-corrected chi connectivity index (χ3v) is 4.41. The third kappa shape index (κ3) is 3.35. The molecule has 2 atom stereocenters. The van der Waals surface area contributed by atoms with E-state index in [0.717, 1.165) is 12.5 Å². The van der Waals surface area contributed by atoms with Gasteiger partial charge in [0.05, 0.1) is 0 Å². The molecular weight excluding hydrogens is 218 g/mol. The summed E-state index contributed by atoms with van der Waals surface area (Å²) in [5, 5.41) is 3.67. The molecule has 0 bridgehead atoms. The van der Waals surface area contributed by atoms with E-state index in [2.05, 4.69) is 57.3 Å². The van der Waals surface area contributed by atoms with E-state index in [4.69, 9.17) is 0 Å². The first-order valence-corrected chi connectivity index (χ1v) is 7.35. The summed E-state index contributed by atoms with van der Waals surface area (Å²) in [4.78, 5) is 0. The molecule has 1 aromatic rings. The predicted octanol–water partition coefficient (Wildman–Crippen LogP) is 4.34. The molecule has 1 heteroatoms. The van der Waals surface area contributed by atoms with Crippen molar-refractivity contribution in [2.45, 2.75) is 53.0 Å². The molecule has 0 heterocycles. The van der Waals surface area contributed by atoms with Crippen molar-refractivity contribution in [2.24, 2.45) is 11.3 Å². The van der Waals surface area contributed by atoms with Gasteiger partial charge in [0.25, 0.3) is 0 Å². The van der Waals surface area contributed by atoms with Crippen LogP contribution in [-0.2, 0) is 6.42 Å². The molecule has 0 radical (unpaired) electrons. The molecule has 0 aromatic heterocycles. The second-order valence-corrected chi connectivity index (χ2v) is 6.51. The molecule has 2 rings (SSSR count). The third-order valence-electron chi connectivity index (χ3n) is 4.41. The second-order valence-electron chi connectivity index (χ2n) is 6.51. The number of hydrogen-bond acceptors (Lipinski definition) is 1. The fourth-order valence-electron chi connectivity index (χ4n) is 2.62. The summed E-state index contributed by atoms with van der Waals surface area (Å²) in [5.41, 5.74) is 3.45. The molecule has 2 unspecified atom stereocenters. The van der Waals surface area contributed by atoms with Gasteiger partial charge in [0.1, 0.15) is 0 Å². The maximum absolute atomic E-state index is 3.67. The van der Waals surface area contributed by atoms with Gasteiger partial charge < -0.3 is 5.32 Å². The SMILES string of the molecule is CCCc1ccc(C(C)NCC2CC2(C)C)cc1. The van der Waals surface area contributed by atoms with Gasteiger partial charge in [0.2, 0.25) is 0 Å². The van der Waals surface area contributed by atoms with E-state index in [1.807, 2.05) is 0 Å². The van der Waals surface area contributed by atoms with Crippen LogP contribution in [0.4, 0.5) is 0 Å². The standard InChI is InChI=1S/C17H27N/c1-5-6-14-7-9-15(10-8-14)13(2)18-12-16-11-17(16,3)4/h7-10,13,16,18H,5-6,11-12H2,1-4H3. The van der Waals surface area contributed by atoms with E-state index in [-0.39, 0.29) is 0 Å². The van der Waals surface area contributed by atoms with Crippen LogP contribution in [0.25, 0.3) is 0 Å². The molecular formula is C17H27N. The smallest absolute Gasteiger partial charge is 0.0291 e. The van der Waals surface area contributed by atoms with Gasteiger partial charge in [-0.15, -0.1) is 0 Å². The summed E-state index contributed by atoms with van der Waals surface area (Å²) in [6.45, 7) is 10.4. The summed E-state index contributed by atoms with van der Waals surface area (Å²) in [7, 11) is 0. The Morgan fingerprint density at radius 3 is 2.39 bits per heavy atom. The van der Waals surface area contributed by atoms with Crippen molar-refractivity contribution in [3.63, 3.8) is 0 Å². The monoisotopic (exact) mass is 245 g/mol. The largest absolute Gasteiger partial charge is 0.310 e. The highest BCUT2D eigenvalue weighted by molar-refractivity contribution is 5.24. The van der Waals surface area contributed by atoms with Gasteiger partial charge in [0.15, 0.2) is 0 Å². The first-order valence-electron chi connectivity index (χ1n) is 7.35. The fourth-order valence-corrected chi connectivity index (χ4v) is 2.62. The Hall–Kier alpha value is -0.820. The zero-order valence-electron chi connectivity index (χ0n) is 12.3. The Kier molecular flexibility index (Phi) is 4.11. The molecule has 0 aliphatic heterocycles. The number of hydrogen-bond donors (Lipinski definition) is 1. The van der Waals surface area contributed by atoms with E-state index in [1.165, 1.54) is 30.4 Å². The van der Waals surface area contributed by atoms with Crippen LogP contribution in [0.5, 0.6) is 0 Å². The highest BCUT2D eigenvalue weighted by atomic mass is 14.9. The van der Waals surface area contributed by atoms with Crippen LogP contribution >= 0.6 is 0 Å². The van der Waals surface area contributed by atoms with Gasteiger partial charge in [-0.3, -0.25) is 0 Å². The van der Waals surface area contributed by atoms with Crippen molar-refractivity contribution >= 4 is 0 Å². The lowest BCUT2D eigenvalue weighted by Crippen LogP contribution is -2.22. The van der Waals surface area contributed by atoms with Crippen LogP contribution in [0, 0.1) is 11.3 Å². The highest BCUT2D eigenvalue weighted by Gasteiger charge is 2.44. The zero-order valence-corrected chi connectivity index (χ0v) is 12.3. The molecule has 0 spiro atoms. The van der Waals surface area contributed by atoms with Crippen LogP contribution in [0.3, 0.4) is 0 Å². The molecule has 1 N–H and O–H groups in total. The Bertz CT molecular complexity index is 377. The summed E-state index contributed by atoms with van der Waals surface area (Å²) in [6.07, 6.45) is 3.80. The number of benzene rings is 1. The number of aryl methyl sites for hydroxylation is 1. The van der Waals surface area contributed by atoms with Crippen LogP contribution in [0.1, 0.15) is 57.7 Å². The lowest BCUT2D eigenvalue weighted by molar-refractivity contribution is 0.485. The van der Waals surface area contributed by atoms with E-state index in [9.17, 15) is 0 Å². The van der Waals surface area contributed by atoms with E-state index in [0.29, 0.717) is 11.5 Å². The van der Waals surface area contributed by atoms with Gasteiger partial charge in [-0.2, -0.15) is 0 Å². The summed E-state index contributed by atoms with van der Waals surface area (Å²) >= 11 is 0. The quantitative estimate of drug-likeness (QED) is 0.786. The van der Waals surface area contributed by atoms with Crippen molar-refractivity contribution in [1.82, 2.24) is 5.32 Å². The zero-order chi connectivity index (χ0) is 13.2. The predicted molar refractivity (Wildman–Crippen MR) is 78.7 cm³/mol. The second kappa shape index (κ2) is 5.44. The van der Waals surface area contributed by atoms with Crippen molar-refractivity contribution in [3.05, 3.63) is 35.4 Å². The summed E-state index contributed by atoms with van der Waals surface area (Å²) in [5.74, 6) is 0.874. The van der Waals surface area contributed by atoms with Crippen molar-refractivity contribution < 1.29 is 0 Å². The molecule has 1 fully saturated rings. The maximum atomic E-state index is 3.67. The molecule has 1 aliphatic rings.